The van der Waals surface area contributed by atoms with Crippen LogP contribution < -0.4 is 5.73 Å². The first-order valence-electron chi connectivity index (χ1n) is 4.73. The van der Waals surface area contributed by atoms with Gasteiger partial charge in [-0.1, -0.05) is 28.9 Å². The second-order valence-corrected chi connectivity index (χ2v) is 4.32. The molecule has 1 aromatic carbocycles. The Hall–Kier alpha value is -0.940. The van der Waals surface area contributed by atoms with Crippen LogP contribution in [0.4, 0.5) is 5.69 Å². The van der Waals surface area contributed by atoms with Gasteiger partial charge in [-0.25, -0.2) is 0 Å². The largest absolute Gasteiger partial charge is 0.327 e. The van der Waals surface area contributed by atoms with Crippen LogP contribution in [0.25, 0.3) is 0 Å². The van der Waals surface area contributed by atoms with E-state index in [1.807, 2.05) is 6.92 Å². The standard InChI is InChI=1S/C10H13BrN2O2/c1-2-9(12)5-7-3-4-8(11)6-10(7)13(14)15/h3-4,6,9H,2,5,12H2,1H3. The molecule has 0 saturated carbocycles. The van der Waals surface area contributed by atoms with Crippen molar-refractivity contribution in [2.45, 2.75) is 25.8 Å². The van der Waals surface area contributed by atoms with Crippen molar-refractivity contribution in [1.82, 2.24) is 0 Å². The summed E-state index contributed by atoms with van der Waals surface area (Å²) in [5.41, 5.74) is 6.60. The molecule has 0 fully saturated rings. The highest BCUT2D eigenvalue weighted by Crippen LogP contribution is 2.24. The number of benzene rings is 1. The maximum absolute atomic E-state index is 10.8. The third kappa shape index (κ3) is 3.28. The fraction of sp³-hybridized carbons (Fsp3) is 0.400. The molecule has 0 aliphatic carbocycles. The van der Waals surface area contributed by atoms with Gasteiger partial charge in [-0.15, -0.1) is 0 Å². The summed E-state index contributed by atoms with van der Waals surface area (Å²) in [6.45, 7) is 1.97. The van der Waals surface area contributed by atoms with Crippen LogP contribution in [0.15, 0.2) is 22.7 Å². The molecule has 1 aromatic rings. The Kier molecular flexibility index (Phi) is 4.23. The molecule has 0 aromatic heterocycles. The van der Waals surface area contributed by atoms with Gasteiger partial charge in [0, 0.05) is 22.1 Å². The first-order chi connectivity index (χ1) is 7.04. The van der Waals surface area contributed by atoms with E-state index in [1.54, 1.807) is 12.1 Å². The summed E-state index contributed by atoms with van der Waals surface area (Å²) in [5.74, 6) is 0. The summed E-state index contributed by atoms with van der Waals surface area (Å²) in [5, 5.41) is 10.8. The van der Waals surface area contributed by atoms with Crippen LogP contribution >= 0.6 is 15.9 Å². The molecule has 1 unspecified atom stereocenters. The molecule has 15 heavy (non-hydrogen) atoms. The van der Waals surface area contributed by atoms with Crippen LogP contribution in [0.1, 0.15) is 18.9 Å². The van der Waals surface area contributed by atoms with Gasteiger partial charge >= 0.3 is 0 Å². The second kappa shape index (κ2) is 5.23. The Balaban J connectivity index is 3.01. The molecule has 4 nitrogen and oxygen atoms in total. The van der Waals surface area contributed by atoms with Crippen LogP contribution in [-0.4, -0.2) is 11.0 Å². The lowest BCUT2D eigenvalue weighted by Gasteiger charge is -2.08. The number of halogens is 1. The van der Waals surface area contributed by atoms with E-state index in [4.69, 9.17) is 5.73 Å². The molecular formula is C10H13BrN2O2. The number of hydrogen-bond donors (Lipinski definition) is 1. The molecule has 0 saturated heterocycles. The fourth-order valence-corrected chi connectivity index (χ4v) is 1.66. The van der Waals surface area contributed by atoms with Crippen molar-refractivity contribution in [3.05, 3.63) is 38.3 Å². The summed E-state index contributed by atoms with van der Waals surface area (Å²) in [7, 11) is 0. The van der Waals surface area contributed by atoms with E-state index >= 15 is 0 Å². The van der Waals surface area contributed by atoms with Gasteiger partial charge < -0.3 is 5.73 Å². The minimum absolute atomic E-state index is 0.0233. The maximum Gasteiger partial charge on any atom is 0.273 e. The zero-order chi connectivity index (χ0) is 11.4. The van der Waals surface area contributed by atoms with Crippen molar-refractivity contribution in [3.8, 4) is 0 Å². The summed E-state index contributed by atoms with van der Waals surface area (Å²) in [6, 6.07) is 5.03. The third-order valence-electron chi connectivity index (χ3n) is 2.25. The Morgan fingerprint density at radius 2 is 2.27 bits per heavy atom. The number of nitro groups is 1. The Labute approximate surface area is 96.8 Å². The first kappa shape index (κ1) is 12.1. The summed E-state index contributed by atoms with van der Waals surface area (Å²) >= 11 is 3.21. The quantitative estimate of drug-likeness (QED) is 0.677. The summed E-state index contributed by atoms with van der Waals surface area (Å²) in [4.78, 5) is 10.4. The van der Waals surface area contributed by atoms with Gasteiger partial charge in [-0.2, -0.15) is 0 Å². The molecule has 0 aliphatic heterocycles. The molecule has 82 valence electrons. The van der Waals surface area contributed by atoms with Crippen LogP contribution in [0.3, 0.4) is 0 Å². The van der Waals surface area contributed by atoms with Crippen molar-refractivity contribution < 1.29 is 4.92 Å². The van der Waals surface area contributed by atoms with Crippen LogP contribution in [0.2, 0.25) is 0 Å². The predicted octanol–water partition coefficient (Wildman–Crippen LogP) is 2.64. The van der Waals surface area contributed by atoms with E-state index in [9.17, 15) is 10.1 Å². The molecule has 0 spiro atoms. The topological polar surface area (TPSA) is 69.2 Å². The normalized spacial score (nSPS) is 12.5. The SMILES string of the molecule is CCC(N)Cc1ccc(Br)cc1[N+](=O)[O-]. The molecule has 0 amide bonds. The predicted molar refractivity (Wildman–Crippen MR) is 62.8 cm³/mol. The number of hydrogen-bond acceptors (Lipinski definition) is 3. The van der Waals surface area contributed by atoms with E-state index in [2.05, 4.69) is 15.9 Å². The maximum atomic E-state index is 10.8. The van der Waals surface area contributed by atoms with Gasteiger partial charge in [0.05, 0.1) is 4.92 Å². The first-order valence-corrected chi connectivity index (χ1v) is 5.52. The molecule has 0 heterocycles. The molecule has 0 radical (unpaired) electrons. The highest BCUT2D eigenvalue weighted by atomic mass is 79.9. The van der Waals surface area contributed by atoms with Crippen molar-refractivity contribution in [3.63, 3.8) is 0 Å². The molecular weight excluding hydrogens is 260 g/mol. The lowest BCUT2D eigenvalue weighted by Crippen LogP contribution is -2.21. The van der Waals surface area contributed by atoms with E-state index in [-0.39, 0.29) is 16.7 Å². The number of nitrogens with two attached hydrogens (primary N) is 1. The molecule has 0 aliphatic rings. The minimum Gasteiger partial charge on any atom is -0.327 e. The molecule has 5 heteroatoms. The van der Waals surface area contributed by atoms with Crippen LogP contribution in [-0.2, 0) is 6.42 Å². The number of rotatable bonds is 4. The molecule has 0 bridgehead atoms. The lowest BCUT2D eigenvalue weighted by molar-refractivity contribution is -0.385. The highest BCUT2D eigenvalue weighted by molar-refractivity contribution is 9.10. The summed E-state index contributed by atoms with van der Waals surface area (Å²) in [6.07, 6.45) is 1.35. The van der Waals surface area contributed by atoms with E-state index in [0.29, 0.717) is 16.5 Å². The zero-order valence-electron chi connectivity index (χ0n) is 8.44. The lowest BCUT2D eigenvalue weighted by atomic mass is 10.0. The molecule has 1 atom stereocenters. The third-order valence-corrected chi connectivity index (χ3v) is 2.74. The number of nitro benzene ring substituents is 1. The smallest absolute Gasteiger partial charge is 0.273 e. The van der Waals surface area contributed by atoms with Crippen LogP contribution in [0.5, 0.6) is 0 Å². The average molecular weight is 273 g/mol. The minimum atomic E-state index is -0.373. The monoisotopic (exact) mass is 272 g/mol. The molecule has 1 rings (SSSR count). The van der Waals surface area contributed by atoms with Gasteiger partial charge in [-0.05, 0) is 18.9 Å². The van der Waals surface area contributed by atoms with Crippen molar-refractivity contribution in [2.24, 2.45) is 5.73 Å². The van der Waals surface area contributed by atoms with Crippen LogP contribution in [0, 0.1) is 10.1 Å². The van der Waals surface area contributed by atoms with Crippen molar-refractivity contribution in [2.75, 3.05) is 0 Å². The Morgan fingerprint density at radius 1 is 1.60 bits per heavy atom. The Bertz CT molecular complexity index is 368. The van der Waals surface area contributed by atoms with E-state index in [1.165, 1.54) is 6.07 Å². The Morgan fingerprint density at radius 3 is 2.80 bits per heavy atom. The van der Waals surface area contributed by atoms with E-state index in [0.717, 1.165) is 6.42 Å². The van der Waals surface area contributed by atoms with Gasteiger partial charge in [-0.3, -0.25) is 10.1 Å². The average Bonchev–Trinajstić information content (AvgIpc) is 2.20. The highest BCUT2D eigenvalue weighted by Gasteiger charge is 2.15. The van der Waals surface area contributed by atoms with Gasteiger partial charge in [0.1, 0.15) is 0 Å². The second-order valence-electron chi connectivity index (χ2n) is 3.40. The van der Waals surface area contributed by atoms with Gasteiger partial charge in [0.2, 0.25) is 0 Å². The van der Waals surface area contributed by atoms with Gasteiger partial charge in [0.25, 0.3) is 5.69 Å². The fourth-order valence-electron chi connectivity index (χ4n) is 1.31. The molecule has 2 N–H and O–H groups in total. The summed E-state index contributed by atoms with van der Waals surface area (Å²) < 4.78 is 0.711. The zero-order valence-corrected chi connectivity index (χ0v) is 10.0. The van der Waals surface area contributed by atoms with Gasteiger partial charge in [0.15, 0.2) is 0 Å². The van der Waals surface area contributed by atoms with Crippen molar-refractivity contribution >= 4 is 21.6 Å². The van der Waals surface area contributed by atoms with Crippen molar-refractivity contribution in [1.29, 1.82) is 0 Å². The van der Waals surface area contributed by atoms with E-state index < -0.39 is 0 Å². The number of nitrogens with zero attached hydrogens (tertiary/aromatic N) is 1.